The molecule has 2 unspecified atom stereocenters. The molecule has 0 spiro atoms. The van der Waals surface area contributed by atoms with Crippen LogP contribution in [0, 0.1) is 30.1 Å². The molecule has 2 aromatic rings. The van der Waals surface area contributed by atoms with E-state index in [0.29, 0.717) is 39.7 Å². The van der Waals surface area contributed by atoms with Gasteiger partial charge in [-0.3, -0.25) is 19.1 Å². The average Bonchev–Trinajstić information content (AvgIpc) is 3.14. The molecule has 1 amide bonds. The van der Waals surface area contributed by atoms with Crippen molar-refractivity contribution in [1.82, 2.24) is 9.47 Å². The van der Waals surface area contributed by atoms with Crippen molar-refractivity contribution in [2.75, 3.05) is 25.1 Å². The summed E-state index contributed by atoms with van der Waals surface area (Å²) < 4.78 is 7.46. The molecule has 0 N–H and O–H groups in total. The van der Waals surface area contributed by atoms with E-state index in [1.54, 1.807) is 23.5 Å². The van der Waals surface area contributed by atoms with Gasteiger partial charge in [-0.2, -0.15) is 5.26 Å². The number of carbonyl (C=O) groups is 1. The lowest BCUT2D eigenvalue weighted by Gasteiger charge is -2.39. The Morgan fingerprint density at radius 3 is 2.42 bits per heavy atom. The number of hydrogen-bond donors (Lipinski definition) is 0. The third-order valence-corrected chi connectivity index (χ3v) is 8.49. The van der Waals surface area contributed by atoms with E-state index in [0.717, 1.165) is 48.6 Å². The van der Waals surface area contributed by atoms with E-state index in [9.17, 15) is 14.9 Å². The first kappa shape index (κ1) is 27.9. The van der Waals surface area contributed by atoms with Gasteiger partial charge in [-0.05, 0) is 60.9 Å². The second kappa shape index (κ2) is 11.7. The Morgan fingerprint density at radius 2 is 1.84 bits per heavy atom. The fourth-order valence-electron chi connectivity index (χ4n) is 5.43. The fraction of sp³-hybridized carbons (Fsp3) is 0.448. The predicted molar refractivity (Wildman–Crippen MR) is 157 cm³/mol. The number of nitriles is 1. The van der Waals surface area contributed by atoms with Crippen molar-refractivity contribution in [3.63, 3.8) is 0 Å². The number of amides is 1. The van der Waals surface area contributed by atoms with E-state index in [-0.39, 0.29) is 17.0 Å². The van der Waals surface area contributed by atoms with Crippen molar-refractivity contribution in [3.05, 3.63) is 61.8 Å². The van der Waals surface area contributed by atoms with E-state index < -0.39 is 0 Å². The van der Waals surface area contributed by atoms with Gasteiger partial charge in [0.2, 0.25) is 0 Å². The highest BCUT2D eigenvalue weighted by Crippen LogP contribution is 2.38. The Morgan fingerprint density at radius 1 is 1.18 bits per heavy atom. The molecule has 0 radical (unpaired) electrons. The predicted octanol–water partition coefficient (Wildman–Crippen LogP) is 5.33. The molecule has 9 heteroatoms. The zero-order chi connectivity index (χ0) is 27.6. The van der Waals surface area contributed by atoms with E-state index in [2.05, 4.69) is 24.8 Å². The molecular formula is C29H34N4O3S2. The number of ether oxygens (including phenoxy) is 1. The molecule has 2 atom stereocenters. The Bertz CT molecular complexity index is 1360. The summed E-state index contributed by atoms with van der Waals surface area (Å²) in [5.41, 5.74) is 2.16. The Kier molecular flexibility index (Phi) is 8.64. The van der Waals surface area contributed by atoms with Crippen LogP contribution >= 0.6 is 24.0 Å². The standard InChI is InChI=1S/C29H34N4O3S2/c1-6-11-32-26(31-15-18(2)12-19(3)16-31)23(20(4)24(14-30)27(32)34)13-25-28(35)33(29(37)38-25)17-21-7-9-22(36-5)10-8-21/h7-10,13,18-19H,6,11-12,15-17H2,1-5H3/b25-13-. The highest BCUT2D eigenvalue weighted by molar-refractivity contribution is 8.26. The first-order valence-corrected chi connectivity index (χ1v) is 14.2. The molecule has 0 aliphatic carbocycles. The number of carbonyl (C=O) groups excluding carboxylic acids is 1. The lowest BCUT2D eigenvalue weighted by atomic mass is 9.91. The van der Waals surface area contributed by atoms with Crippen LogP contribution in [0.4, 0.5) is 5.82 Å². The van der Waals surface area contributed by atoms with E-state index in [1.807, 2.05) is 37.3 Å². The molecule has 2 fully saturated rings. The highest BCUT2D eigenvalue weighted by atomic mass is 32.2. The number of rotatable bonds is 7. The largest absolute Gasteiger partial charge is 0.497 e. The van der Waals surface area contributed by atoms with Gasteiger partial charge in [-0.15, -0.1) is 0 Å². The smallest absolute Gasteiger partial charge is 0.270 e. The summed E-state index contributed by atoms with van der Waals surface area (Å²) in [5, 5.41) is 9.89. The monoisotopic (exact) mass is 550 g/mol. The SMILES string of the molecule is CCCn1c(N2CC(C)CC(C)C2)c(/C=C2\SC(=S)N(Cc3ccc(OC)cc3)C2=O)c(C)c(C#N)c1=O. The Hall–Kier alpha value is -3.09. The van der Waals surface area contributed by atoms with E-state index in [4.69, 9.17) is 17.0 Å². The lowest BCUT2D eigenvalue weighted by molar-refractivity contribution is -0.122. The van der Waals surface area contributed by atoms with Crippen LogP contribution in [0.1, 0.15) is 55.9 Å². The van der Waals surface area contributed by atoms with Crippen molar-refractivity contribution >= 4 is 46.1 Å². The van der Waals surface area contributed by atoms with Crippen molar-refractivity contribution in [1.29, 1.82) is 5.26 Å². The zero-order valence-electron chi connectivity index (χ0n) is 22.6. The van der Waals surface area contributed by atoms with Crippen LogP contribution in [0.2, 0.25) is 0 Å². The summed E-state index contributed by atoms with van der Waals surface area (Å²) in [5.74, 6) is 2.31. The van der Waals surface area contributed by atoms with Gasteiger partial charge >= 0.3 is 0 Å². The number of aromatic nitrogens is 1. The summed E-state index contributed by atoms with van der Waals surface area (Å²) in [6.07, 6.45) is 3.72. The number of benzene rings is 1. The van der Waals surface area contributed by atoms with Gasteiger partial charge in [-0.25, -0.2) is 0 Å². The Labute approximate surface area is 234 Å². The number of anilines is 1. The van der Waals surface area contributed by atoms with Crippen LogP contribution in [0.3, 0.4) is 0 Å². The molecule has 2 saturated heterocycles. The van der Waals surface area contributed by atoms with Crippen molar-refractivity contribution < 1.29 is 9.53 Å². The molecule has 0 bridgehead atoms. The Balaban J connectivity index is 1.80. The highest BCUT2D eigenvalue weighted by Gasteiger charge is 2.34. The first-order valence-electron chi connectivity index (χ1n) is 13.0. The third-order valence-electron chi connectivity index (χ3n) is 7.11. The quantitative estimate of drug-likeness (QED) is 0.341. The van der Waals surface area contributed by atoms with Crippen LogP contribution in [0.25, 0.3) is 6.08 Å². The number of thiocarbonyl (C=S) groups is 1. The normalized spacial score (nSPS) is 20.8. The molecule has 7 nitrogen and oxygen atoms in total. The maximum Gasteiger partial charge on any atom is 0.270 e. The number of hydrogen-bond acceptors (Lipinski definition) is 7. The van der Waals surface area contributed by atoms with Gasteiger partial charge in [0.15, 0.2) is 0 Å². The summed E-state index contributed by atoms with van der Waals surface area (Å²) in [7, 11) is 1.62. The van der Waals surface area contributed by atoms with Gasteiger partial charge in [0, 0.05) is 25.2 Å². The number of thioether (sulfide) groups is 1. The van der Waals surface area contributed by atoms with Gasteiger partial charge in [0.25, 0.3) is 11.5 Å². The molecule has 4 rings (SSSR count). The molecule has 2 aliphatic heterocycles. The maximum absolute atomic E-state index is 13.6. The fourth-order valence-corrected chi connectivity index (χ4v) is 6.67. The first-order chi connectivity index (χ1) is 18.2. The molecule has 3 heterocycles. The summed E-state index contributed by atoms with van der Waals surface area (Å²) >= 11 is 6.86. The summed E-state index contributed by atoms with van der Waals surface area (Å²) in [6, 6.07) is 9.69. The average molecular weight is 551 g/mol. The molecule has 2 aliphatic rings. The lowest BCUT2D eigenvalue weighted by Crippen LogP contribution is -2.43. The minimum atomic E-state index is -0.267. The molecule has 1 aromatic carbocycles. The van der Waals surface area contributed by atoms with E-state index in [1.165, 1.54) is 11.8 Å². The number of pyridine rings is 1. The van der Waals surface area contributed by atoms with Crippen LogP contribution in [0.5, 0.6) is 5.75 Å². The second-order valence-corrected chi connectivity index (χ2v) is 11.9. The topological polar surface area (TPSA) is 78.6 Å². The van der Waals surface area contributed by atoms with E-state index >= 15 is 0 Å². The van der Waals surface area contributed by atoms with Crippen molar-refractivity contribution in [2.24, 2.45) is 11.8 Å². The molecule has 0 saturated carbocycles. The minimum absolute atomic E-state index is 0.125. The second-order valence-electron chi connectivity index (χ2n) is 10.3. The minimum Gasteiger partial charge on any atom is -0.497 e. The van der Waals surface area contributed by atoms with Gasteiger partial charge in [0.1, 0.15) is 27.5 Å². The molecule has 1 aromatic heterocycles. The number of piperidine rings is 1. The number of nitrogens with zero attached hydrogens (tertiary/aromatic N) is 4. The van der Waals surface area contributed by atoms with Gasteiger partial charge in [-0.1, -0.05) is 56.9 Å². The maximum atomic E-state index is 13.6. The summed E-state index contributed by atoms with van der Waals surface area (Å²) in [4.78, 5) is 31.4. The molecule has 200 valence electrons. The molecule has 38 heavy (non-hydrogen) atoms. The summed E-state index contributed by atoms with van der Waals surface area (Å²) in [6.45, 7) is 10.8. The number of methoxy groups -OCH3 is 1. The molecular weight excluding hydrogens is 516 g/mol. The van der Waals surface area contributed by atoms with Crippen LogP contribution in [-0.4, -0.2) is 39.9 Å². The van der Waals surface area contributed by atoms with Crippen molar-refractivity contribution in [2.45, 2.75) is 53.6 Å². The zero-order valence-corrected chi connectivity index (χ0v) is 24.2. The van der Waals surface area contributed by atoms with Gasteiger partial charge in [0.05, 0.1) is 18.6 Å². The van der Waals surface area contributed by atoms with Gasteiger partial charge < -0.3 is 9.64 Å². The third kappa shape index (κ3) is 5.52. The van der Waals surface area contributed by atoms with Crippen LogP contribution in [-0.2, 0) is 17.9 Å². The van der Waals surface area contributed by atoms with Crippen LogP contribution < -0.4 is 15.2 Å². The van der Waals surface area contributed by atoms with Crippen molar-refractivity contribution in [3.8, 4) is 11.8 Å². The van der Waals surface area contributed by atoms with Crippen LogP contribution in [0.15, 0.2) is 34.0 Å².